The monoisotopic (exact) mass is 326 g/mol. The van der Waals surface area contributed by atoms with Crippen molar-refractivity contribution >= 4 is 22.7 Å². The predicted octanol–water partition coefficient (Wildman–Crippen LogP) is 4.28. The summed E-state index contributed by atoms with van der Waals surface area (Å²) >= 11 is 0. The molecule has 4 heteroatoms. The van der Waals surface area contributed by atoms with Crippen LogP contribution in [0.25, 0.3) is 10.8 Å². The Morgan fingerprint density at radius 1 is 1.08 bits per heavy atom. The van der Waals surface area contributed by atoms with Gasteiger partial charge in [-0.15, -0.1) is 0 Å². The van der Waals surface area contributed by atoms with Crippen LogP contribution in [-0.2, 0) is 14.3 Å². The minimum atomic E-state index is -0.727. The van der Waals surface area contributed by atoms with Crippen LogP contribution in [0.3, 0.4) is 0 Å². The number of fused-ring (bicyclic) bond motifs is 1. The van der Waals surface area contributed by atoms with Gasteiger partial charge in [0.2, 0.25) is 0 Å². The van der Waals surface area contributed by atoms with Gasteiger partial charge in [-0.1, -0.05) is 43.0 Å². The lowest BCUT2D eigenvalue weighted by Crippen LogP contribution is -2.30. The van der Waals surface area contributed by atoms with Crippen LogP contribution in [0.4, 0.5) is 0 Å². The Morgan fingerprint density at radius 3 is 2.46 bits per heavy atom. The summed E-state index contributed by atoms with van der Waals surface area (Å²) in [7, 11) is 0. The summed E-state index contributed by atoms with van der Waals surface area (Å²) in [5.41, 5.74) is 0.148. The van der Waals surface area contributed by atoms with Gasteiger partial charge in [0.25, 0.3) is 0 Å². The third kappa shape index (κ3) is 4.44. The van der Waals surface area contributed by atoms with Crippen LogP contribution in [0.5, 0.6) is 0 Å². The van der Waals surface area contributed by atoms with Crippen molar-refractivity contribution in [2.45, 2.75) is 32.8 Å². The fourth-order valence-electron chi connectivity index (χ4n) is 2.26. The molecule has 2 aromatic carbocycles. The van der Waals surface area contributed by atoms with E-state index in [1.54, 1.807) is 26.8 Å². The summed E-state index contributed by atoms with van der Waals surface area (Å²) in [6, 6.07) is 13.2. The lowest BCUT2D eigenvalue weighted by molar-refractivity contribution is -0.152. The molecule has 0 saturated carbocycles. The van der Waals surface area contributed by atoms with Gasteiger partial charge in [-0.2, -0.15) is 0 Å². The molecular formula is C20H22O4. The van der Waals surface area contributed by atoms with E-state index in [4.69, 9.17) is 9.47 Å². The van der Waals surface area contributed by atoms with Crippen LogP contribution in [0, 0.1) is 0 Å². The maximum Gasteiger partial charge on any atom is 0.338 e. The van der Waals surface area contributed by atoms with Crippen molar-refractivity contribution in [2.75, 3.05) is 6.61 Å². The largest absolute Gasteiger partial charge is 0.462 e. The minimum Gasteiger partial charge on any atom is -0.462 e. The van der Waals surface area contributed by atoms with Gasteiger partial charge in [-0.3, -0.25) is 0 Å². The lowest BCUT2D eigenvalue weighted by Gasteiger charge is -2.25. The van der Waals surface area contributed by atoms with Gasteiger partial charge in [0, 0.05) is 12.0 Å². The number of ether oxygens (including phenoxy) is 2. The third-order valence-electron chi connectivity index (χ3n) is 3.66. The van der Waals surface area contributed by atoms with Gasteiger partial charge in [-0.25, -0.2) is 9.59 Å². The fourth-order valence-corrected chi connectivity index (χ4v) is 2.26. The van der Waals surface area contributed by atoms with Crippen molar-refractivity contribution < 1.29 is 19.1 Å². The Hall–Kier alpha value is -2.62. The molecule has 0 spiro atoms. The van der Waals surface area contributed by atoms with E-state index in [9.17, 15) is 9.59 Å². The highest BCUT2D eigenvalue weighted by atomic mass is 16.6. The van der Waals surface area contributed by atoms with E-state index in [0.717, 1.165) is 10.8 Å². The Bertz CT molecular complexity index is 769. The summed E-state index contributed by atoms with van der Waals surface area (Å²) in [4.78, 5) is 23.9. The highest BCUT2D eigenvalue weighted by Crippen LogP contribution is 2.20. The molecule has 0 heterocycles. The summed E-state index contributed by atoms with van der Waals surface area (Å²) in [6.45, 7) is 8.87. The average molecular weight is 326 g/mol. The molecule has 126 valence electrons. The maximum absolute atomic E-state index is 12.3. The first-order chi connectivity index (χ1) is 11.3. The van der Waals surface area contributed by atoms with E-state index in [0.29, 0.717) is 17.6 Å². The molecule has 0 bridgehead atoms. The van der Waals surface area contributed by atoms with E-state index in [1.807, 2.05) is 36.4 Å². The quantitative estimate of drug-likeness (QED) is 0.587. The maximum atomic E-state index is 12.3. The van der Waals surface area contributed by atoms with E-state index in [2.05, 4.69) is 6.58 Å². The molecule has 2 rings (SSSR count). The summed E-state index contributed by atoms with van der Waals surface area (Å²) < 4.78 is 10.7. The molecule has 24 heavy (non-hydrogen) atoms. The summed E-state index contributed by atoms with van der Waals surface area (Å²) in [5.74, 6) is -0.825. The van der Waals surface area contributed by atoms with Gasteiger partial charge in [0.1, 0.15) is 5.60 Å². The molecule has 0 atom stereocenters. The Labute approximate surface area is 142 Å². The first kappa shape index (κ1) is 17.7. The van der Waals surface area contributed by atoms with Crippen LogP contribution in [0.15, 0.2) is 54.6 Å². The Balaban J connectivity index is 1.98. The van der Waals surface area contributed by atoms with Crippen LogP contribution in [0.1, 0.15) is 37.6 Å². The molecular weight excluding hydrogens is 304 g/mol. The van der Waals surface area contributed by atoms with Crippen molar-refractivity contribution in [2.24, 2.45) is 0 Å². The van der Waals surface area contributed by atoms with E-state index in [1.165, 1.54) is 0 Å². The van der Waals surface area contributed by atoms with E-state index < -0.39 is 11.6 Å². The SMILES string of the molecule is C=C(C)C(=O)OC(C)(C)CCOC(=O)c1cccc2ccccc12. The third-order valence-corrected chi connectivity index (χ3v) is 3.66. The van der Waals surface area contributed by atoms with Gasteiger partial charge in [0.15, 0.2) is 0 Å². The predicted molar refractivity (Wildman–Crippen MR) is 93.8 cm³/mol. The number of carbonyl (C=O) groups excluding carboxylic acids is 2. The lowest BCUT2D eigenvalue weighted by atomic mass is 10.0. The average Bonchev–Trinajstić information content (AvgIpc) is 2.53. The Kier molecular flexibility index (Phi) is 5.39. The molecule has 0 aliphatic carbocycles. The zero-order chi connectivity index (χ0) is 17.7. The van der Waals surface area contributed by atoms with Gasteiger partial charge < -0.3 is 9.47 Å². The number of esters is 2. The molecule has 0 aliphatic rings. The van der Waals surface area contributed by atoms with E-state index >= 15 is 0 Å². The van der Waals surface area contributed by atoms with Crippen molar-refractivity contribution in [1.82, 2.24) is 0 Å². The molecule has 0 N–H and O–H groups in total. The normalized spacial score (nSPS) is 11.1. The van der Waals surface area contributed by atoms with Crippen LogP contribution in [-0.4, -0.2) is 24.1 Å². The van der Waals surface area contributed by atoms with Crippen molar-refractivity contribution in [3.63, 3.8) is 0 Å². The topological polar surface area (TPSA) is 52.6 Å². The number of benzene rings is 2. The van der Waals surface area contributed by atoms with Gasteiger partial charge >= 0.3 is 11.9 Å². The van der Waals surface area contributed by atoms with Crippen molar-refractivity contribution in [3.8, 4) is 0 Å². The summed E-state index contributed by atoms with van der Waals surface area (Å²) in [5, 5.41) is 1.85. The minimum absolute atomic E-state index is 0.165. The molecule has 0 amide bonds. The molecule has 0 radical (unpaired) electrons. The smallest absolute Gasteiger partial charge is 0.338 e. The number of hydrogen-bond acceptors (Lipinski definition) is 4. The van der Waals surface area contributed by atoms with Crippen LogP contribution in [0.2, 0.25) is 0 Å². The Morgan fingerprint density at radius 2 is 1.75 bits per heavy atom. The molecule has 0 aromatic heterocycles. The van der Waals surface area contributed by atoms with Crippen LogP contribution >= 0.6 is 0 Å². The molecule has 0 unspecified atom stereocenters. The second-order valence-corrected chi connectivity index (χ2v) is 6.34. The molecule has 4 nitrogen and oxygen atoms in total. The number of hydrogen-bond donors (Lipinski definition) is 0. The molecule has 0 saturated heterocycles. The molecule has 0 fully saturated rings. The highest BCUT2D eigenvalue weighted by Gasteiger charge is 2.24. The molecule has 0 aliphatic heterocycles. The molecule has 2 aromatic rings. The van der Waals surface area contributed by atoms with E-state index in [-0.39, 0.29) is 12.6 Å². The first-order valence-electron chi connectivity index (χ1n) is 7.84. The zero-order valence-electron chi connectivity index (χ0n) is 14.3. The van der Waals surface area contributed by atoms with Crippen molar-refractivity contribution in [1.29, 1.82) is 0 Å². The zero-order valence-corrected chi connectivity index (χ0v) is 14.3. The second-order valence-electron chi connectivity index (χ2n) is 6.34. The number of carbonyl (C=O) groups is 2. The number of rotatable bonds is 6. The van der Waals surface area contributed by atoms with Gasteiger partial charge in [0.05, 0.1) is 12.2 Å². The second kappa shape index (κ2) is 7.30. The van der Waals surface area contributed by atoms with Crippen molar-refractivity contribution in [3.05, 3.63) is 60.2 Å². The van der Waals surface area contributed by atoms with Crippen LogP contribution < -0.4 is 0 Å². The summed E-state index contributed by atoms with van der Waals surface area (Å²) in [6.07, 6.45) is 0.405. The standard InChI is InChI=1S/C20H22O4/c1-14(2)18(21)24-20(3,4)12-13-23-19(22)17-11-7-9-15-8-5-6-10-16(15)17/h5-11H,1,12-13H2,2-4H3. The highest BCUT2D eigenvalue weighted by molar-refractivity contribution is 6.04. The first-order valence-corrected chi connectivity index (χ1v) is 7.84. The fraction of sp³-hybridized carbons (Fsp3) is 0.300. The van der Waals surface area contributed by atoms with Gasteiger partial charge in [-0.05, 0) is 37.6 Å².